The van der Waals surface area contributed by atoms with Crippen LogP contribution in [0.15, 0.2) is 18.2 Å². The molecule has 1 unspecified atom stereocenters. The van der Waals surface area contributed by atoms with Crippen molar-refractivity contribution < 1.29 is 19.0 Å². The van der Waals surface area contributed by atoms with E-state index >= 15 is 0 Å². The summed E-state index contributed by atoms with van der Waals surface area (Å²) >= 11 is 0. The summed E-state index contributed by atoms with van der Waals surface area (Å²) in [6, 6.07) is 5.21. The predicted octanol–water partition coefficient (Wildman–Crippen LogP) is 0.257. The van der Waals surface area contributed by atoms with E-state index in [9.17, 15) is 4.79 Å². The number of hydrogen-bond acceptors (Lipinski definition) is 5. The Labute approximate surface area is 117 Å². The van der Waals surface area contributed by atoms with Gasteiger partial charge in [0.1, 0.15) is 13.2 Å². The van der Waals surface area contributed by atoms with Gasteiger partial charge in [0.25, 0.3) is 5.91 Å². The molecule has 3 rings (SSSR count). The number of benzene rings is 1. The number of amides is 1. The maximum Gasteiger partial charge on any atom is 0.254 e. The Morgan fingerprint density at radius 3 is 2.85 bits per heavy atom. The van der Waals surface area contributed by atoms with Crippen molar-refractivity contribution in [2.45, 2.75) is 6.04 Å². The highest BCUT2D eigenvalue weighted by Crippen LogP contribution is 2.31. The van der Waals surface area contributed by atoms with Gasteiger partial charge in [-0.2, -0.15) is 0 Å². The van der Waals surface area contributed by atoms with Gasteiger partial charge in [-0.1, -0.05) is 0 Å². The third kappa shape index (κ3) is 2.44. The van der Waals surface area contributed by atoms with Gasteiger partial charge in [0.2, 0.25) is 0 Å². The monoisotopic (exact) mass is 278 g/mol. The lowest BCUT2D eigenvalue weighted by molar-refractivity contribution is 0.000807. The van der Waals surface area contributed by atoms with Crippen LogP contribution in [0, 0.1) is 0 Å². The van der Waals surface area contributed by atoms with Crippen molar-refractivity contribution in [1.29, 1.82) is 0 Å². The van der Waals surface area contributed by atoms with Crippen molar-refractivity contribution >= 4 is 5.91 Å². The average molecular weight is 278 g/mol. The topological polar surface area (TPSA) is 74.0 Å². The predicted molar refractivity (Wildman–Crippen MR) is 72.1 cm³/mol. The lowest BCUT2D eigenvalue weighted by Crippen LogP contribution is -2.52. The minimum atomic E-state index is -0.0653. The maximum atomic E-state index is 12.6. The average Bonchev–Trinajstić information content (AvgIpc) is 2.53. The number of rotatable bonds is 2. The third-order valence-electron chi connectivity index (χ3n) is 3.55. The second-order valence-electron chi connectivity index (χ2n) is 4.82. The van der Waals surface area contributed by atoms with Crippen LogP contribution in [0.1, 0.15) is 10.4 Å². The van der Waals surface area contributed by atoms with Crippen LogP contribution in [0.5, 0.6) is 11.5 Å². The van der Waals surface area contributed by atoms with Crippen LogP contribution in [0.2, 0.25) is 0 Å². The van der Waals surface area contributed by atoms with E-state index in [1.165, 1.54) is 0 Å². The summed E-state index contributed by atoms with van der Waals surface area (Å²) in [5.74, 6) is 1.27. The number of nitrogens with zero attached hydrogens (tertiary/aromatic N) is 1. The Morgan fingerprint density at radius 1 is 1.25 bits per heavy atom. The molecule has 1 aromatic rings. The molecule has 1 saturated heterocycles. The molecule has 0 saturated carbocycles. The summed E-state index contributed by atoms with van der Waals surface area (Å²) in [4.78, 5) is 14.3. The smallest absolute Gasteiger partial charge is 0.254 e. The number of carbonyl (C=O) groups excluding carboxylic acids is 1. The molecular weight excluding hydrogens is 260 g/mol. The van der Waals surface area contributed by atoms with Gasteiger partial charge >= 0.3 is 0 Å². The van der Waals surface area contributed by atoms with Crippen LogP contribution in [0.4, 0.5) is 0 Å². The second-order valence-corrected chi connectivity index (χ2v) is 4.82. The number of nitrogens with two attached hydrogens (primary N) is 1. The van der Waals surface area contributed by atoms with Gasteiger partial charge in [0.05, 0.1) is 19.3 Å². The van der Waals surface area contributed by atoms with Crippen LogP contribution in [-0.4, -0.2) is 56.4 Å². The van der Waals surface area contributed by atoms with E-state index in [0.717, 1.165) is 0 Å². The van der Waals surface area contributed by atoms with Gasteiger partial charge in [-0.15, -0.1) is 0 Å². The van der Waals surface area contributed by atoms with Gasteiger partial charge in [-0.05, 0) is 18.2 Å². The van der Waals surface area contributed by atoms with E-state index in [1.54, 1.807) is 23.1 Å². The van der Waals surface area contributed by atoms with Crippen LogP contribution in [-0.2, 0) is 4.74 Å². The molecule has 0 spiro atoms. The summed E-state index contributed by atoms with van der Waals surface area (Å²) < 4.78 is 16.3. The molecule has 1 atom stereocenters. The summed E-state index contributed by atoms with van der Waals surface area (Å²) in [7, 11) is 0. The summed E-state index contributed by atoms with van der Waals surface area (Å²) in [5, 5.41) is 0. The van der Waals surface area contributed by atoms with Crippen LogP contribution in [0.3, 0.4) is 0 Å². The molecule has 1 aromatic carbocycles. The lowest BCUT2D eigenvalue weighted by atomic mass is 10.1. The minimum Gasteiger partial charge on any atom is -0.486 e. The summed E-state index contributed by atoms with van der Waals surface area (Å²) in [6.45, 7) is 3.05. The molecule has 0 radical (unpaired) electrons. The Kier molecular flexibility index (Phi) is 3.75. The number of morpholine rings is 1. The van der Waals surface area contributed by atoms with E-state index in [4.69, 9.17) is 19.9 Å². The number of ether oxygens (including phenoxy) is 3. The quantitative estimate of drug-likeness (QED) is 0.840. The molecule has 2 heterocycles. The number of hydrogen-bond donors (Lipinski definition) is 1. The molecule has 0 bridgehead atoms. The van der Waals surface area contributed by atoms with Crippen molar-refractivity contribution in [2.24, 2.45) is 5.73 Å². The van der Waals surface area contributed by atoms with Crippen molar-refractivity contribution in [1.82, 2.24) is 4.90 Å². The summed E-state index contributed by atoms with van der Waals surface area (Å²) in [6.07, 6.45) is 0. The van der Waals surface area contributed by atoms with Crippen LogP contribution < -0.4 is 15.2 Å². The standard InChI is InChI=1S/C14H18N2O4/c15-8-11-9-18-4-3-16(11)14(17)10-1-2-12-13(7-10)20-6-5-19-12/h1-2,7,11H,3-6,8-9,15H2. The van der Waals surface area contributed by atoms with E-state index in [0.29, 0.717) is 56.6 Å². The second kappa shape index (κ2) is 5.68. The van der Waals surface area contributed by atoms with E-state index in [-0.39, 0.29) is 11.9 Å². The zero-order chi connectivity index (χ0) is 13.9. The molecule has 1 amide bonds. The van der Waals surface area contributed by atoms with Gasteiger partial charge in [-0.3, -0.25) is 4.79 Å². The van der Waals surface area contributed by atoms with Gasteiger partial charge in [-0.25, -0.2) is 0 Å². The molecule has 108 valence electrons. The molecule has 2 aliphatic heterocycles. The molecule has 6 nitrogen and oxygen atoms in total. The van der Waals surface area contributed by atoms with Gasteiger partial charge in [0.15, 0.2) is 11.5 Å². The van der Waals surface area contributed by atoms with E-state index in [2.05, 4.69) is 0 Å². The molecule has 0 aliphatic carbocycles. The highest BCUT2D eigenvalue weighted by atomic mass is 16.6. The first-order chi connectivity index (χ1) is 9.79. The lowest BCUT2D eigenvalue weighted by Gasteiger charge is -2.35. The Balaban J connectivity index is 1.82. The molecule has 6 heteroatoms. The Bertz CT molecular complexity index is 506. The van der Waals surface area contributed by atoms with Gasteiger partial charge in [0, 0.05) is 18.7 Å². The largest absolute Gasteiger partial charge is 0.486 e. The number of carbonyl (C=O) groups is 1. The zero-order valence-corrected chi connectivity index (χ0v) is 11.2. The highest BCUT2D eigenvalue weighted by molar-refractivity contribution is 5.95. The number of fused-ring (bicyclic) bond motifs is 1. The Hall–Kier alpha value is -1.79. The first-order valence-corrected chi connectivity index (χ1v) is 6.78. The first-order valence-electron chi connectivity index (χ1n) is 6.78. The van der Waals surface area contributed by atoms with E-state index < -0.39 is 0 Å². The third-order valence-corrected chi connectivity index (χ3v) is 3.55. The molecule has 20 heavy (non-hydrogen) atoms. The Morgan fingerprint density at radius 2 is 2.05 bits per heavy atom. The molecular formula is C14H18N2O4. The normalized spacial score (nSPS) is 21.6. The highest BCUT2D eigenvalue weighted by Gasteiger charge is 2.27. The SMILES string of the molecule is NCC1COCCN1C(=O)c1ccc2c(c1)OCCO2. The molecule has 0 aromatic heterocycles. The van der Waals surface area contributed by atoms with Crippen molar-refractivity contribution in [3.8, 4) is 11.5 Å². The molecule has 2 N–H and O–H groups in total. The zero-order valence-electron chi connectivity index (χ0n) is 11.2. The van der Waals surface area contributed by atoms with Crippen LogP contribution >= 0.6 is 0 Å². The van der Waals surface area contributed by atoms with Crippen LogP contribution in [0.25, 0.3) is 0 Å². The summed E-state index contributed by atoms with van der Waals surface area (Å²) in [5.41, 5.74) is 6.29. The van der Waals surface area contributed by atoms with Gasteiger partial charge < -0.3 is 24.8 Å². The van der Waals surface area contributed by atoms with Crippen molar-refractivity contribution in [2.75, 3.05) is 39.5 Å². The van der Waals surface area contributed by atoms with Crippen molar-refractivity contribution in [3.63, 3.8) is 0 Å². The minimum absolute atomic E-state index is 0.0410. The molecule has 2 aliphatic rings. The maximum absolute atomic E-state index is 12.6. The fourth-order valence-corrected chi connectivity index (χ4v) is 2.46. The fraction of sp³-hybridized carbons (Fsp3) is 0.500. The first kappa shape index (κ1) is 13.2. The van der Waals surface area contributed by atoms with E-state index in [1.807, 2.05) is 0 Å². The fourth-order valence-electron chi connectivity index (χ4n) is 2.46. The van der Waals surface area contributed by atoms with Crippen molar-refractivity contribution in [3.05, 3.63) is 23.8 Å². The molecule has 1 fully saturated rings.